The first-order valence-corrected chi connectivity index (χ1v) is 15.5. The minimum atomic E-state index is -3.37. The van der Waals surface area contributed by atoms with Gasteiger partial charge in [0.1, 0.15) is 5.69 Å². The average Bonchev–Trinajstić information content (AvgIpc) is 2.96. The monoisotopic (exact) mass is 552 g/mol. The van der Waals surface area contributed by atoms with E-state index in [1.807, 2.05) is 85.1 Å². The van der Waals surface area contributed by atoms with Crippen molar-refractivity contribution in [3.63, 3.8) is 0 Å². The molecular formula is C32H28N2O3S2. The first kappa shape index (κ1) is 26.8. The molecule has 0 aliphatic heterocycles. The van der Waals surface area contributed by atoms with Crippen molar-refractivity contribution in [3.8, 4) is 22.3 Å². The summed E-state index contributed by atoms with van der Waals surface area (Å²) in [7, 11) is -3.37. The standard InChI is InChI=1S/C32H28N2O3S2/c1-32(2,39(4,36)37)26-18-24-9-6-16-33-30(24)28(19-26)23-8-5-7-22(17-23)25-12-15-29(34-20-25)31(35)21-10-13-27(38-3)14-11-21/h5-20H,1-4H3. The van der Waals surface area contributed by atoms with Crippen LogP contribution >= 0.6 is 11.8 Å². The van der Waals surface area contributed by atoms with Crippen LogP contribution in [0, 0.1) is 0 Å². The summed E-state index contributed by atoms with van der Waals surface area (Å²) >= 11 is 1.63. The van der Waals surface area contributed by atoms with Crippen LogP contribution in [0.25, 0.3) is 33.2 Å². The Morgan fingerprint density at radius 1 is 0.821 bits per heavy atom. The summed E-state index contributed by atoms with van der Waals surface area (Å²) in [6.07, 6.45) is 6.72. The summed E-state index contributed by atoms with van der Waals surface area (Å²) in [5.41, 5.74) is 6.07. The minimum Gasteiger partial charge on any atom is -0.287 e. The number of hydrogen-bond acceptors (Lipinski definition) is 6. The van der Waals surface area contributed by atoms with Crippen LogP contribution in [-0.4, -0.2) is 36.7 Å². The van der Waals surface area contributed by atoms with Crippen molar-refractivity contribution in [2.24, 2.45) is 0 Å². The molecular weight excluding hydrogens is 524 g/mol. The Morgan fingerprint density at radius 3 is 2.23 bits per heavy atom. The molecule has 0 aliphatic rings. The van der Waals surface area contributed by atoms with Gasteiger partial charge in [-0.15, -0.1) is 11.8 Å². The molecule has 0 spiro atoms. The molecule has 196 valence electrons. The van der Waals surface area contributed by atoms with E-state index >= 15 is 0 Å². The number of hydrogen-bond donors (Lipinski definition) is 0. The number of carbonyl (C=O) groups is 1. The van der Waals surface area contributed by atoms with Crippen molar-refractivity contribution in [1.29, 1.82) is 0 Å². The van der Waals surface area contributed by atoms with Crippen molar-refractivity contribution in [1.82, 2.24) is 9.97 Å². The van der Waals surface area contributed by atoms with Gasteiger partial charge in [0.25, 0.3) is 0 Å². The highest BCUT2D eigenvalue weighted by Crippen LogP contribution is 2.37. The first-order valence-electron chi connectivity index (χ1n) is 12.4. The van der Waals surface area contributed by atoms with Crippen LogP contribution in [0.1, 0.15) is 35.5 Å². The summed E-state index contributed by atoms with van der Waals surface area (Å²) in [6.45, 7) is 3.46. The number of rotatable bonds is 7. The van der Waals surface area contributed by atoms with Gasteiger partial charge < -0.3 is 0 Å². The summed E-state index contributed by atoms with van der Waals surface area (Å²) in [5, 5.41) is 0.877. The maximum absolute atomic E-state index is 12.9. The molecule has 0 N–H and O–H groups in total. The first-order chi connectivity index (χ1) is 18.6. The zero-order valence-electron chi connectivity index (χ0n) is 22.2. The molecule has 0 fully saturated rings. The zero-order valence-corrected chi connectivity index (χ0v) is 23.8. The summed E-state index contributed by atoms with van der Waals surface area (Å²) in [5.74, 6) is -0.120. The third-order valence-electron chi connectivity index (χ3n) is 7.18. The lowest BCUT2D eigenvalue weighted by molar-refractivity contribution is 0.103. The Bertz CT molecular complexity index is 1790. The van der Waals surface area contributed by atoms with Gasteiger partial charge in [-0.25, -0.2) is 8.42 Å². The molecule has 0 radical (unpaired) electrons. The molecule has 2 heterocycles. The smallest absolute Gasteiger partial charge is 0.211 e. The van der Waals surface area contributed by atoms with Gasteiger partial charge in [0, 0.05) is 45.6 Å². The second-order valence-corrected chi connectivity index (χ2v) is 13.4. The molecule has 0 atom stereocenters. The van der Waals surface area contributed by atoms with E-state index in [1.54, 1.807) is 44.1 Å². The summed E-state index contributed by atoms with van der Waals surface area (Å²) in [4.78, 5) is 23.1. The topological polar surface area (TPSA) is 77.0 Å². The van der Waals surface area contributed by atoms with Crippen molar-refractivity contribution >= 4 is 38.3 Å². The largest absolute Gasteiger partial charge is 0.287 e. The Kier molecular flexibility index (Phi) is 7.14. The number of benzene rings is 3. The Hall–Kier alpha value is -3.81. The minimum absolute atomic E-state index is 0.120. The predicted octanol–water partition coefficient (Wildman–Crippen LogP) is 7.20. The maximum atomic E-state index is 12.9. The molecule has 39 heavy (non-hydrogen) atoms. The van der Waals surface area contributed by atoms with E-state index < -0.39 is 14.6 Å². The van der Waals surface area contributed by atoms with E-state index in [4.69, 9.17) is 0 Å². The van der Waals surface area contributed by atoms with E-state index in [0.717, 1.165) is 38.1 Å². The number of thioether (sulfide) groups is 1. The molecule has 0 unspecified atom stereocenters. The average molecular weight is 553 g/mol. The number of carbonyl (C=O) groups excluding carboxylic acids is 1. The fourth-order valence-corrected chi connectivity index (χ4v) is 5.38. The SMILES string of the molecule is CSc1ccc(C(=O)c2ccc(-c3cccc(-c4cc(C(C)(C)S(C)(=O)=O)cc5cccnc45)c3)cn2)cc1. The van der Waals surface area contributed by atoms with E-state index in [9.17, 15) is 13.2 Å². The van der Waals surface area contributed by atoms with Gasteiger partial charge in [0.05, 0.1) is 10.3 Å². The van der Waals surface area contributed by atoms with Crippen molar-refractivity contribution in [2.75, 3.05) is 12.5 Å². The van der Waals surface area contributed by atoms with Gasteiger partial charge in [-0.05, 0) is 91.4 Å². The maximum Gasteiger partial charge on any atom is 0.211 e. The van der Waals surface area contributed by atoms with Crippen LogP contribution in [0.15, 0.2) is 102 Å². The molecule has 0 saturated heterocycles. The molecule has 3 aromatic carbocycles. The van der Waals surface area contributed by atoms with Crippen LogP contribution < -0.4 is 0 Å². The number of aromatic nitrogens is 2. The van der Waals surface area contributed by atoms with Gasteiger partial charge >= 0.3 is 0 Å². The van der Waals surface area contributed by atoms with Crippen LogP contribution in [0.5, 0.6) is 0 Å². The third-order valence-corrected chi connectivity index (χ3v) is 10.0. The number of sulfone groups is 1. The van der Waals surface area contributed by atoms with Gasteiger partial charge in [0.2, 0.25) is 5.78 Å². The number of pyridine rings is 2. The summed E-state index contributed by atoms with van der Waals surface area (Å²) < 4.78 is 24.2. The quantitative estimate of drug-likeness (QED) is 0.157. The van der Waals surface area contributed by atoms with Gasteiger partial charge in [-0.3, -0.25) is 14.8 Å². The molecule has 0 aliphatic carbocycles. The van der Waals surface area contributed by atoms with Crippen LogP contribution in [0.4, 0.5) is 0 Å². The van der Waals surface area contributed by atoms with Gasteiger partial charge in [-0.1, -0.05) is 30.3 Å². The van der Waals surface area contributed by atoms with Gasteiger partial charge in [0.15, 0.2) is 9.84 Å². The Morgan fingerprint density at radius 2 is 1.56 bits per heavy atom. The summed E-state index contributed by atoms with van der Waals surface area (Å²) in [6, 6.07) is 26.8. The number of nitrogens with zero attached hydrogens (tertiary/aromatic N) is 2. The van der Waals surface area contributed by atoms with Crippen molar-refractivity contribution in [3.05, 3.63) is 114 Å². The fraction of sp³-hybridized carbons (Fsp3) is 0.156. The highest BCUT2D eigenvalue weighted by atomic mass is 32.2. The molecule has 0 amide bonds. The van der Waals surface area contributed by atoms with Crippen molar-refractivity contribution in [2.45, 2.75) is 23.5 Å². The van der Waals surface area contributed by atoms with E-state index in [0.29, 0.717) is 16.8 Å². The molecule has 5 aromatic rings. The van der Waals surface area contributed by atoms with Crippen LogP contribution in [0.3, 0.4) is 0 Å². The van der Waals surface area contributed by atoms with Crippen molar-refractivity contribution < 1.29 is 13.2 Å². The Labute approximate surface area is 233 Å². The lowest BCUT2D eigenvalue weighted by Crippen LogP contribution is -2.28. The molecule has 7 heteroatoms. The van der Waals surface area contributed by atoms with E-state index in [-0.39, 0.29) is 5.78 Å². The Balaban J connectivity index is 1.53. The predicted molar refractivity (Wildman–Crippen MR) is 160 cm³/mol. The van der Waals surface area contributed by atoms with Crippen LogP contribution in [0.2, 0.25) is 0 Å². The highest BCUT2D eigenvalue weighted by Gasteiger charge is 2.33. The molecule has 0 saturated carbocycles. The van der Waals surface area contributed by atoms with Gasteiger partial charge in [-0.2, -0.15) is 0 Å². The fourth-order valence-electron chi connectivity index (χ4n) is 4.43. The van der Waals surface area contributed by atoms with E-state index in [1.165, 1.54) is 6.26 Å². The molecule has 5 rings (SSSR count). The normalized spacial score (nSPS) is 12.0. The lowest BCUT2D eigenvalue weighted by atomic mass is 9.92. The highest BCUT2D eigenvalue weighted by molar-refractivity contribution is 7.98. The lowest BCUT2D eigenvalue weighted by Gasteiger charge is -2.24. The molecule has 2 aromatic heterocycles. The van der Waals surface area contributed by atoms with Crippen LogP contribution in [-0.2, 0) is 14.6 Å². The second kappa shape index (κ2) is 10.4. The molecule has 0 bridgehead atoms. The zero-order chi connectivity index (χ0) is 27.8. The number of fused-ring (bicyclic) bond motifs is 1. The number of ketones is 1. The van der Waals surface area contributed by atoms with E-state index in [2.05, 4.69) is 9.97 Å². The third kappa shape index (κ3) is 5.24. The second-order valence-electron chi connectivity index (χ2n) is 9.95. The molecule has 5 nitrogen and oxygen atoms in total.